The first kappa shape index (κ1) is 31.1. The lowest BCUT2D eigenvalue weighted by molar-refractivity contribution is 0.0175. The summed E-state index contributed by atoms with van der Waals surface area (Å²) in [6, 6.07) is 11.0. The van der Waals surface area contributed by atoms with Gasteiger partial charge < -0.3 is 15.4 Å². The molecule has 0 saturated carbocycles. The molecule has 1 saturated heterocycles. The number of pyridine rings is 1. The number of primary amides is 1. The van der Waals surface area contributed by atoms with E-state index >= 15 is 0 Å². The Hall–Kier alpha value is -3.92. The Kier molecular flexibility index (Phi) is 8.37. The van der Waals surface area contributed by atoms with E-state index in [1.54, 1.807) is 42.3 Å². The topological polar surface area (TPSA) is 107 Å². The van der Waals surface area contributed by atoms with Gasteiger partial charge in [-0.15, -0.1) is 0 Å². The molecule has 2 aromatic carbocycles. The Labute approximate surface area is 272 Å². The van der Waals surface area contributed by atoms with E-state index < -0.39 is 5.91 Å². The highest BCUT2D eigenvalue weighted by molar-refractivity contribution is 6.34. The first-order valence-electron chi connectivity index (χ1n) is 15.1. The Bertz CT molecular complexity index is 1800. The molecular weight excluding hydrogens is 611 g/mol. The van der Waals surface area contributed by atoms with Gasteiger partial charge in [-0.2, -0.15) is 5.10 Å². The number of nitrogens with two attached hydrogens (primary N) is 1. The third-order valence-corrected chi connectivity index (χ3v) is 9.14. The van der Waals surface area contributed by atoms with Gasteiger partial charge >= 0.3 is 0 Å². The van der Waals surface area contributed by atoms with Crippen molar-refractivity contribution in [2.45, 2.75) is 45.6 Å². The molecule has 0 atom stereocenters. The number of aryl methyl sites for hydroxylation is 1. The monoisotopic (exact) mass is 646 g/mol. The molecule has 0 radical (unpaired) electrons. The first-order chi connectivity index (χ1) is 21.5. The molecule has 11 heteroatoms. The van der Waals surface area contributed by atoms with E-state index in [2.05, 4.69) is 30.7 Å². The van der Waals surface area contributed by atoms with Crippen molar-refractivity contribution in [1.29, 1.82) is 0 Å². The normalized spacial score (nSPS) is 15.8. The Balaban J connectivity index is 1.54. The van der Waals surface area contributed by atoms with Crippen LogP contribution >= 0.6 is 23.2 Å². The molecule has 2 aliphatic rings. The van der Waals surface area contributed by atoms with Crippen molar-refractivity contribution in [3.05, 3.63) is 81.2 Å². The Morgan fingerprint density at radius 3 is 2.42 bits per heavy atom. The quantitative estimate of drug-likeness (QED) is 0.262. The SMILES string of the molecule is CCCN1CCN(C(=O)c2nn(-c3cc(Cl)cc(Cl)c3)c3c2CCc2cc(OC)c(-c4cncc(C(N)=O)c4)cc2-3)C(C)(C)C1. The number of ether oxygens (including phenoxy) is 1. The van der Waals surface area contributed by atoms with Gasteiger partial charge in [-0.05, 0) is 81.6 Å². The van der Waals surface area contributed by atoms with Crippen molar-refractivity contribution in [2.75, 3.05) is 33.3 Å². The number of fused-ring (bicyclic) bond motifs is 3. The number of carbonyl (C=O) groups excluding carboxylic acids is 2. The minimum atomic E-state index is -0.568. The number of carbonyl (C=O) groups is 2. The Morgan fingerprint density at radius 1 is 1.00 bits per heavy atom. The van der Waals surface area contributed by atoms with Crippen LogP contribution in [0.25, 0.3) is 28.1 Å². The summed E-state index contributed by atoms with van der Waals surface area (Å²) in [6.45, 7) is 9.66. The van der Waals surface area contributed by atoms with Gasteiger partial charge in [-0.3, -0.25) is 19.5 Å². The highest BCUT2D eigenvalue weighted by Gasteiger charge is 2.40. The summed E-state index contributed by atoms with van der Waals surface area (Å²) in [7, 11) is 1.61. The summed E-state index contributed by atoms with van der Waals surface area (Å²) in [5.41, 5.74) is 11.6. The average molecular weight is 648 g/mol. The van der Waals surface area contributed by atoms with Crippen molar-refractivity contribution >= 4 is 35.0 Å². The lowest BCUT2D eigenvalue weighted by Gasteiger charge is -2.47. The number of benzene rings is 2. The van der Waals surface area contributed by atoms with Crippen molar-refractivity contribution in [1.82, 2.24) is 24.6 Å². The molecule has 2 aromatic heterocycles. The summed E-state index contributed by atoms with van der Waals surface area (Å²) >= 11 is 12.9. The van der Waals surface area contributed by atoms with Crippen LogP contribution in [0, 0.1) is 0 Å². The third-order valence-electron chi connectivity index (χ3n) is 8.70. The van der Waals surface area contributed by atoms with Crippen LogP contribution in [0.4, 0.5) is 0 Å². The van der Waals surface area contributed by atoms with Gasteiger partial charge in [0.1, 0.15) is 5.75 Å². The van der Waals surface area contributed by atoms with Gasteiger partial charge in [0.2, 0.25) is 5.91 Å². The summed E-state index contributed by atoms with van der Waals surface area (Å²) in [5, 5.41) is 5.93. The molecule has 1 aliphatic heterocycles. The lowest BCUT2D eigenvalue weighted by atomic mass is 9.85. The molecule has 234 valence electrons. The highest BCUT2D eigenvalue weighted by Crippen LogP contribution is 2.44. The zero-order chi connectivity index (χ0) is 32.0. The molecule has 9 nitrogen and oxygen atoms in total. The summed E-state index contributed by atoms with van der Waals surface area (Å²) in [5.74, 6) is -0.0172. The van der Waals surface area contributed by atoms with Gasteiger partial charge in [-0.1, -0.05) is 30.1 Å². The molecule has 0 unspecified atom stereocenters. The van der Waals surface area contributed by atoms with Crippen molar-refractivity contribution in [3.63, 3.8) is 0 Å². The van der Waals surface area contributed by atoms with Crippen molar-refractivity contribution in [3.8, 4) is 33.8 Å². The summed E-state index contributed by atoms with van der Waals surface area (Å²) in [4.78, 5) is 35.0. The zero-order valence-electron chi connectivity index (χ0n) is 25.9. The van der Waals surface area contributed by atoms with Crippen LogP contribution in [-0.2, 0) is 12.8 Å². The molecule has 1 aliphatic carbocycles. The fourth-order valence-corrected chi connectivity index (χ4v) is 7.19. The number of halogens is 2. The first-order valence-corrected chi connectivity index (χ1v) is 15.9. The van der Waals surface area contributed by atoms with Gasteiger partial charge in [0.25, 0.3) is 5.91 Å². The number of amides is 2. The molecule has 1 fully saturated rings. The molecular formula is C34H36Cl2N6O3. The van der Waals surface area contributed by atoms with Gasteiger partial charge in [0.15, 0.2) is 5.69 Å². The van der Waals surface area contributed by atoms with Crippen molar-refractivity contribution in [2.24, 2.45) is 5.73 Å². The van der Waals surface area contributed by atoms with E-state index in [4.69, 9.17) is 38.8 Å². The third kappa shape index (κ3) is 5.80. The smallest absolute Gasteiger partial charge is 0.275 e. The van der Waals surface area contributed by atoms with E-state index in [1.807, 2.05) is 17.0 Å². The van der Waals surface area contributed by atoms with E-state index in [9.17, 15) is 9.59 Å². The van der Waals surface area contributed by atoms with Crippen LogP contribution in [0.1, 0.15) is 59.2 Å². The van der Waals surface area contributed by atoms with Crippen LogP contribution in [0.2, 0.25) is 10.0 Å². The maximum atomic E-state index is 14.4. The standard InChI is InChI=1S/C34H36Cl2N6O3/c1-5-8-40-9-10-41(34(2,3)19-40)33(44)30-26-7-6-20-12-29(45-4)27(21-11-22(32(37)43)18-38-17-21)16-28(20)31(26)42(39-30)25-14-23(35)13-24(36)15-25/h11-18H,5-10,19H2,1-4H3,(H2,37,43). The van der Waals surface area contributed by atoms with E-state index in [0.29, 0.717) is 57.7 Å². The minimum Gasteiger partial charge on any atom is -0.496 e. The molecule has 6 rings (SSSR count). The average Bonchev–Trinajstić information content (AvgIpc) is 3.40. The molecule has 0 bridgehead atoms. The van der Waals surface area contributed by atoms with Gasteiger partial charge in [0, 0.05) is 64.3 Å². The predicted molar refractivity (Wildman–Crippen MR) is 177 cm³/mol. The van der Waals surface area contributed by atoms with Crippen LogP contribution in [-0.4, -0.2) is 75.2 Å². The number of methoxy groups -OCH3 is 1. The van der Waals surface area contributed by atoms with Crippen LogP contribution in [0.3, 0.4) is 0 Å². The fourth-order valence-electron chi connectivity index (χ4n) is 6.68. The lowest BCUT2D eigenvalue weighted by Crippen LogP contribution is -2.61. The minimum absolute atomic E-state index is 0.0881. The summed E-state index contributed by atoms with van der Waals surface area (Å²) in [6.07, 6.45) is 5.49. The maximum absolute atomic E-state index is 14.4. The predicted octanol–water partition coefficient (Wildman–Crippen LogP) is 6.06. The number of nitrogens with zero attached hydrogens (tertiary/aromatic N) is 5. The van der Waals surface area contributed by atoms with Crippen molar-refractivity contribution < 1.29 is 14.3 Å². The number of rotatable bonds is 7. The van der Waals surface area contributed by atoms with Crippen LogP contribution in [0.5, 0.6) is 5.75 Å². The second-order valence-corrected chi connectivity index (χ2v) is 13.2. The number of piperazine rings is 1. The Morgan fingerprint density at radius 2 is 1.76 bits per heavy atom. The van der Waals surface area contributed by atoms with E-state index in [0.717, 1.165) is 54.0 Å². The fraction of sp³-hybridized carbons (Fsp3) is 0.353. The summed E-state index contributed by atoms with van der Waals surface area (Å²) < 4.78 is 7.59. The number of hydrogen-bond donors (Lipinski definition) is 1. The van der Waals surface area contributed by atoms with Gasteiger partial charge in [-0.25, -0.2) is 4.68 Å². The van der Waals surface area contributed by atoms with Crippen LogP contribution in [0.15, 0.2) is 48.8 Å². The van der Waals surface area contributed by atoms with E-state index in [-0.39, 0.29) is 11.4 Å². The highest BCUT2D eigenvalue weighted by atomic mass is 35.5. The zero-order valence-corrected chi connectivity index (χ0v) is 27.4. The number of hydrogen-bond acceptors (Lipinski definition) is 6. The molecule has 2 N–H and O–H groups in total. The molecule has 3 heterocycles. The number of aromatic nitrogens is 3. The molecule has 45 heavy (non-hydrogen) atoms. The molecule has 4 aromatic rings. The molecule has 0 spiro atoms. The van der Waals surface area contributed by atoms with Gasteiger partial charge in [0.05, 0.1) is 29.6 Å². The maximum Gasteiger partial charge on any atom is 0.275 e. The second-order valence-electron chi connectivity index (χ2n) is 12.3. The second kappa shape index (κ2) is 12.1. The largest absolute Gasteiger partial charge is 0.496 e. The van der Waals surface area contributed by atoms with Crippen LogP contribution < -0.4 is 10.5 Å². The molecule has 2 amide bonds. The van der Waals surface area contributed by atoms with E-state index in [1.165, 1.54) is 6.20 Å².